The number of benzene rings is 3. The Labute approximate surface area is 133 Å². The second kappa shape index (κ2) is 5.23. The van der Waals surface area contributed by atoms with Crippen molar-refractivity contribution in [2.45, 2.75) is 4.90 Å². The average Bonchev–Trinajstić information content (AvgIpc) is 2.34. The summed E-state index contributed by atoms with van der Waals surface area (Å²) in [6.45, 7) is 0. The summed E-state index contributed by atoms with van der Waals surface area (Å²) in [6, 6.07) is 16.3. The molecular weight excluding hydrogens is 271 g/mol. The van der Waals surface area contributed by atoms with Crippen LogP contribution in [0.2, 0.25) is 0 Å². The van der Waals surface area contributed by atoms with Gasteiger partial charge in [0.25, 0.3) is 10.1 Å². The van der Waals surface area contributed by atoms with E-state index < -0.39 is 10.1 Å². The van der Waals surface area contributed by atoms with E-state index in [-0.39, 0.29) is 34.5 Å². The van der Waals surface area contributed by atoms with Gasteiger partial charge in [0.05, 0.1) is 0 Å². The van der Waals surface area contributed by atoms with Crippen LogP contribution in [0.15, 0.2) is 59.5 Å². The van der Waals surface area contributed by atoms with Gasteiger partial charge >= 0.3 is 0 Å². The molecule has 0 aliphatic carbocycles. The second-order valence-corrected chi connectivity index (χ2v) is 5.54. The van der Waals surface area contributed by atoms with Gasteiger partial charge in [-0.2, -0.15) is 8.42 Å². The standard InChI is InChI=1S/C14H10O3S.Na/c15-18(16,17)14-7-3-6-12-8-10-4-1-2-5-11(10)9-13(12)14;/h1-9H,(H,15,16,17);. The number of hydrogen-bond donors (Lipinski definition) is 1. The molecule has 0 amide bonds. The Bertz CT molecular complexity index is 857. The van der Waals surface area contributed by atoms with E-state index in [9.17, 15) is 13.0 Å². The molecule has 0 aliphatic rings. The molecule has 5 heteroatoms. The zero-order chi connectivity index (χ0) is 12.8. The molecule has 0 saturated heterocycles. The smallest absolute Gasteiger partial charge is 0.282 e. The van der Waals surface area contributed by atoms with Crippen LogP contribution in [-0.2, 0) is 10.1 Å². The molecule has 3 nitrogen and oxygen atoms in total. The second-order valence-electron chi connectivity index (χ2n) is 4.15. The topological polar surface area (TPSA) is 54.4 Å². The zero-order valence-corrected chi connectivity index (χ0v) is 13.2. The molecular formula is C14H10NaO3S. The van der Waals surface area contributed by atoms with Crippen LogP contribution in [0.25, 0.3) is 21.5 Å². The fourth-order valence-electron chi connectivity index (χ4n) is 2.16. The summed E-state index contributed by atoms with van der Waals surface area (Å²) < 4.78 is 31.9. The van der Waals surface area contributed by atoms with Crippen molar-refractivity contribution < 1.29 is 13.0 Å². The molecule has 19 heavy (non-hydrogen) atoms. The Morgan fingerprint density at radius 2 is 1.37 bits per heavy atom. The Morgan fingerprint density at radius 1 is 0.789 bits per heavy atom. The molecule has 0 atom stereocenters. The van der Waals surface area contributed by atoms with Gasteiger partial charge in [0.15, 0.2) is 0 Å². The third kappa shape index (κ3) is 2.68. The van der Waals surface area contributed by atoms with E-state index in [1.165, 1.54) is 6.07 Å². The van der Waals surface area contributed by atoms with Gasteiger partial charge in [-0.05, 0) is 34.4 Å². The van der Waals surface area contributed by atoms with E-state index in [2.05, 4.69) is 0 Å². The largest absolute Gasteiger partial charge is 0.295 e. The molecule has 0 aromatic heterocycles. The molecule has 0 heterocycles. The number of hydrogen-bond acceptors (Lipinski definition) is 2. The molecule has 3 aromatic carbocycles. The van der Waals surface area contributed by atoms with Gasteiger partial charge in [-0.15, -0.1) is 0 Å². The van der Waals surface area contributed by atoms with Crippen molar-refractivity contribution in [3.05, 3.63) is 54.6 Å². The van der Waals surface area contributed by atoms with Crippen LogP contribution in [0.1, 0.15) is 0 Å². The van der Waals surface area contributed by atoms with Crippen molar-refractivity contribution in [1.82, 2.24) is 0 Å². The van der Waals surface area contributed by atoms with Crippen LogP contribution in [0.5, 0.6) is 0 Å². The van der Waals surface area contributed by atoms with Gasteiger partial charge in [0.1, 0.15) is 4.90 Å². The fourth-order valence-corrected chi connectivity index (χ4v) is 2.87. The van der Waals surface area contributed by atoms with Crippen LogP contribution in [0.4, 0.5) is 0 Å². The van der Waals surface area contributed by atoms with Crippen molar-refractivity contribution in [3.8, 4) is 0 Å². The normalized spacial score (nSPS) is 11.4. The summed E-state index contributed by atoms with van der Waals surface area (Å²) in [5, 5.41) is 3.32. The Morgan fingerprint density at radius 3 is 2.00 bits per heavy atom. The predicted molar refractivity (Wildman–Crippen MR) is 77.0 cm³/mol. The molecule has 1 N–H and O–H groups in total. The zero-order valence-electron chi connectivity index (χ0n) is 10.4. The number of fused-ring (bicyclic) bond motifs is 2. The maximum Gasteiger partial charge on any atom is 0.295 e. The SMILES string of the molecule is O=S(=O)(O)c1cccc2cc3ccccc3cc12.[Na]. The first kappa shape index (κ1) is 14.5. The van der Waals surface area contributed by atoms with Crippen molar-refractivity contribution in [1.29, 1.82) is 0 Å². The van der Waals surface area contributed by atoms with Gasteiger partial charge in [-0.25, -0.2) is 0 Å². The molecule has 3 aromatic rings. The fraction of sp³-hybridized carbons (Fsp3) is 0. The van der Waals surface area contributed by atoms with Gasteiger partial charge in [0.2, 0.25) is 0 Å². The summed E-state index contributed by atoms with van der Waals surface area (Å²) in [6.07, 6.45) is 0. The van der Waals surface area contributed by atoms with E-state index in [1.807, 2.05) is 36.4 Å². The van der Waals surface area contributed by atoms with E-state index >= 15 is 0 Å². The predicted octanol–water partition coefficient (Wildman–Crippen LogP) is 2.86. The monoisotopic (exact) mass is 281 g/mol. The minimum absolute atomic E-state index is 0. The first-order valence-electron chi connectivity index (χ1n) is 5.45. The molecule has 0 saturated carbocycles. The molecule has 3 rings (SSSR count). The van der Waals surface area contributed by atoms with Crippen LogP contribution < -0.4 is 0 Å². The summed E-state index contributed by atoms with van der Waals surface area (Å²) in [7, 11) is -4.20. The summed E-state index contributed by atoms with van der Waals surface area (Å²) in [5.41, 5.74) is 0. The molecule has 91 valence electrons. The maximum absolute atomic E-state index is 11.3. The average molecular weight is 281 g/mol. The van der Waals surface area contributed by atoms with Crippen molar-refractivity contribution >= 4 is 61.2 Å². The van der Waals surface area contributed by atoms with Crippen LogP contribution in [0.3, 0.4) is 0 Å². The Balaban J connectivity index is 0.00000133. The van der Waals surface area contributed by atoms with Gasteiger partial charge in [0, 0.05) is 34.9 Å². The van der Waals surface area contributed by atoms with E-state index in [4.69, 9.17) is 0 Å². The van der Waals surface area contributed by atoms with Gasteiger partial charge in [-0.3, -0.25) is 4.55 Å². The van der Waals surface area contributed by atoms with E-state index in [0.717, 1.165) is 16.2 Å². The van der Waals surface area contributed by atoms with E-state index in [1.54, 1.807) is 12.1 Å². The number of rotatable bonds is 1. The van der Waals surface area contributed by atoms with Crippen molar-refractivity contribution in [3.63, 3.8) is 0 Å². The first-order valence-corrected chi connectivity index (χ1v) is 6.89. The Hall–Kier alpha value is -0.910. The third-order valence-corrected chi connectivity index (χ3v) is 3.90. The van der Waals surface area contributed by atoms with Gasteiger partial charge in [-0.1, -0.05) is 36.4 Å². The molecule has 0 unspecified atom stereocenters. The minimum atomic E-state index is -4.20. The first-order chi connectivity index (χ1) is 8.55. The third-order valence-electron chi connectivity index (χ3n) is 2.98. The van der Waals surface area contributed by atoms with E-state index in [0.29, 0.717) is 5.39 Å². The van der Waals surface area contributed by atoms with Crippen LogP contribution >= 0.6 is 0 Å². The molecule has 0 aliphatic heterocycles. The quantitative estimate of drug-likeness (QED) is 0.424. The molecule has 1 radical (unpaired) electrons. The van der Waals surface area contributed by atoms with Crippen LogP contribution in [-0.4, -0.2) is 42.5 Å². The minimum Gasteiger partial charge on any atom is -0.282 e. The maximum atomic E-state index is 11.3. The molecule has 0 fully saturated rings. The van der Waals surface area contributed by atoms with Gasteiger partial charge < -0.3 is 0 Å². The summed E-state index contributed by atoms with van der Waals surface area (Å²) in [5.74, 6) is 0. The Kier molecular flexibility index (Phi) is 3.99. The summed E-state index contributed by atoms with van der Waals surface area (Å²) in [4.78, 5) is -0.0502. The molecule has 0 spiro atoms. The molecule has 0 bridgehead atoms. The van der Waals surface area contributed by atoms with Crippen molar-refractivity contribution in [2.24, 2.45) is 0 Å². The summed E-state index contributed by atoms with van der Waals surface area (Å²) >= 11 is 0. The van der Waals surface area contributed by atoms with Crippen molar-refractivity contribution in [2.75, 3.05) is 0 Å². The van der Waals surface area contributed by atoms with Crippen LogP contribution in [0, 0.1) is 0 Å².